The zero-order valence-electron chi connectivity index (χ0n) is 23.7. The van der Waals surface area contributed by atoms with Crippen LogP contribution in [0.2, 0.25) is 0 Å². The number of anilines is 2. The molecule has 0 saturated carbocycles. The molecule has 4 aromatic heterocycles. The highest BCUT2D eigenvalue weighted by molar-refractivity contribution is 6.20. The number of fused-ring (bicyclic) bond motifs is 3. The highest BCUT2D eigenvalue weighted by Crippen LogP contribution is 2.39. The van der Waals surface area contributed by atoms with E-state index in [0.29, 0.717) is 59.2 Å². The van der Waals surface area contributed by atoms with Gasteiger partial charge in [0.15, 0.2) is 0 Å². The smallest absolute Gasteiger partial charge is 0.420 e. The summed E-state index contributed by atoms with van der Waals surface area (Å²) in [4.78, 5) is 32.8. The third-order valence-corrected chi connectivity index (χ3v) is 7.64. The number of nitriles is 1. The first-order valence-corrected chi connectivity index (χ1v) is 14.4. The van der Waals surface area contributed by atoms with Crippen LogP contribution in [0.5, 0.6) is 5.75 Å². The molecule has 0 radical (unpaired) electrons. The quantitative estimate of drug-likeness (QED) is 0.223. The maximum atomic E-state index is 14.3. The summed E-state index contributed by atoms with van der Waals surface area (Å²) in [5.74, 6) is 0.151. The number of halogens is 4. The first-order chi connectivity index (χ1) is 22.1. The Balaban J connectivity index is 1.21. The summed E-state index contributed by atoms with van der Waals surface area (Å²) in [6, 6.07) is 10.9. The van der Waals surface area contributed by atoms with Crippen molar-refractivity contribution in [3.05, 3.63) is 89.8 Å². The summed E-state index contributed by atoms with van der Waals surface area (Å²) in [5, 5.41) is 16.5. The van der Waals surface area contributed by atoms with Crippen LogP contribution in [0.4, 0.5) is 24.7 Å². The number of carbonyl (C=O) groups is 1. The lowest BCUT2D eigenvalue weighted by Gasteiger charge is -2.21. The van der Waals surface area contributed by atoms with Gasteiger partial charge in [0, 0.05) is 71.1 Å². The summed E-state index contributed by atoms with van der Waals surface area (Å²) in [6.07, 6.45) is 7.66. The highest BCUT2D eigenvalue weighted by atomic mass is 35.5. The van der Waals surface area contributed by atoms with Crippen LogP contribution in [0.15, 0.2) is 67.4 Å². The van der Waals surface area contributed by atoms with E-state index in [1.54, 1.807) is 16.9 Å². The van der Waals surface area contributed by atoms with Crippen molar-refractivity contribution in [2.45, 2.75) is 24.6 Å². The molecule has 0 spiro atoms. The number of hydrogen-bond acceptors (Lipinski definition) is 9. The molecule has 0 unspecified atom stereocenters. The van der Waals surface area contributed by atoms with E-state index in [9.17, 15) is 18.0 Å². The second-order valence-electron chi connectivity index (χ2n) is 10.7. The van der Waals surface area contributed by atoms with Crippen LogP contribution in [0.1, 0.15) is 33.6 Å². The zero-order valence-corrected chi connectivity index (χ0v) is 24.4. The largest absolute Gasteiger partial charge is 0.487 e. The molecule has 7 rings (SSSR count). The fourth-order valence-electron chi connectivity index (χ4n) is 5.43. The van der Waals surface area contributed by atoms with Crippen molar-refractivity contribution in [2.24, 2.45) is 0 Å². The molecule has 5 aromatic rings. The SMILES string of the molecule is N#Cc1cnc(-n2cc3c(n2)-c2cc(-c4cc(C(=O)Nc5ccc(OC(F)(F)Cl)cc5)cnc4N4CC[C@@H](F)C4)cnc2C3)nc1. The van der Waals surface area contributed by atoms with Gasteiger partial charge in [-0.2, -0.15) is 10.4 Å². The molecule has 1 amide bonds. The predicted octanol–water partition coefficient (Wildman–Crippen LogP) is 5.53. The molecule has 1 saturated heterocycles. The molecule has 2 aliphatic rings. The Hall–Kier alpha value is -5.55. The fourth-order valence-corrected chi connectivity index (χ4v) is 5.52. The van der Waals surface area contributed by atoms with Gasteiger partial charge in [0.1, 0.15) is 23.8 Å². The van der Waals surface area contributed by atoms with Gasteiger partial charge in [0.2, 0.25) is 0 Å². The number of alkyl halides is 4. The van der Waals surface area contributed by atoms with Crippen LogP contribution in [0.3, 0.4) is 0 Å². The van der Waals surface area contributed by atoms with E-state index in [0.717, 1.165) is 16.8 Å². The van der Waals surface area contributed by atoms with Gasteiger partial charge in [-0.1, -0.05) is 0 Å². The molecule has 11 nitrogen and oxygen atoms in total. The maximum Gasteiger partial charge on any atom is 0.487 e. The first kappa shape index (κ1) is 29.2. The second kappa shape index (κ2) is 11.4. The van der Waals surface area contributed by atoms with Gasteiger partial charge >= 0.3 is 5.57 Å². The van der Waals surface area contributed by atoms with Crippen molar-refractivity contribution in [2.75, 3.05) is 23.3 Å². The molecule has 0 bridgehead atoms. The normalized spacial score (nSPS) is 15.3. The van der Waals surface area contributed by atoms with Crippen molar-refractivity contribution in [3.8, 4) is 40.2 Å². The molecule has 1 N–H and O–H groups in total. The van der Waals surface area contributed by atoms with Gasteiger partial charge in [-0.3, -0.25) is 9.78 Å². The third-order valence-electron chi connectivity index (χ3n) is 7.56. The molecule has 230 valence electrons. The van der Waals surface area contributed by atoms with E-state index in [1.807, 2.05) is 23.2 Å². The van der Waals surface area contributed by atoms with Gasteiger partial charge in [0.05, 0.1) is 41.5 Å². The maximum absolute atomic E-state index is 14.3. The molecular weight excluding hydrogens is 623 g/mol. The van der Waals surface area contributed by atoms with E-state index < -0.39 is 17.6 Å². The zero-order chi connectivity index (χ0) is 32.0. The molecule has 1 fully saturated rings. The monoisotopic (exact) mass is 643 g/mol. The minimum absolute atomic E-state index is 0.166. The number of amides is 1. The van der Waals surface area contributed by atoms with Crippen LogP contribution in [-0.2, 0) is 6.42 Å². The summed E-state index contributed by atoms with van der Waals surface area (Å²) in [5.41, 5.74) is 1.47. The van der Waals surface area contributed by atoms with Crippen LogP contribution in [0, 0.1) is 11.3 Å². The number of benzene rings is 1. The molecule has 1 aromatic carbocycles. The number of hydrogen-bond donors (Lipinski definition) is 1. The molecule has 5 heterocycles. The summed E-state index contributed by atoms with van der Waals surface area (Å²) < 4.78 is 46.0. The van der Waals surface area contributed by atoms with Gasteiger partial charge in [-0.05, 0) is 42.8 Å². The molecule has 1 atom stereocenters. The molecule has 1 aliphatic heterocycles. The van der Waals surface area contributed by atoms with Crippen LogP contribution in [-0.4, -0.2) is 60.5 Å². The number of nitrogens with zero attached hydrogens (tertiary/aromatic N) is 8. The lowest BCUT2D eigenvalue weighted by Crippen LogP contribution is -2.22. The minimum Gasteiger partial charge on any atom is -0.420 e. The van der Waals surface area contributed by atoms with E-state index in [-0.39, 0.29) is 17.9 Å². The van der Waals surface area contributed by atoms with Crippen LogP contribution >= 0.6 is 11.6 Å². The van der Waals surface area contributed by atoms with Crippen molar-refractivity contribution in [3.63, 3.8) is 0 Å². The third kappa shape index (κ3) is 5.80. The lowest BCUT2D eigenvalue weighted by atomic mass is 10.0. The van der Waals surface area contributed by atoms with E-state index in [2.05, 4.69) is 25.0 Å². The standard InChI is InChI=1S/C31H21ClF3N9O2/c32-31(34,35)46-23-3-1-22(2-4-23)41-29(45)19-8-24(28(38-14-19)43-6-5-21(33)16-43)18-7-25-26(37-13-18)9-20-15-44(42-27(20)25)30-39-11-17(10-36)12-40-30/h1-4,7-8,11-15,21H,5-6,9,16H2,(H,41,45)/t21-/m1/s1. The molecule has 46 heavy (non-hydrogen) atoms. The van der Waals surface area contributed by atoms with E-state index in [1.165, 1.54) is 42.9 Å². The number of nitrogens with one attached hydrogen (secondary N) is 1. The Morgan fingerprint density at radius 1 is 1.07 bits per heavy atom. The molecule has 15 heteroatoms. The number of aromatic nitrogens is 6. The highest BCUT2D eigenvalue weighted by Gasteiger charge is 2.29. The van der Waals surface area contributed by atoms with Crippen molar-refractivity contribution >= 4 is 29.0 Å². The Labute approximate surface area is 264 Å². The topological polar surface area (TPSA) is 135 Å². The average molecular weight is 644 g/mol. The van der Waals surface area contributed by atoms with Crippen molar-refractivity contribution < 1.29 is 22.7 Å². The van der Waals surface area contributed by atoms with Crippen molar-refractivity contribution in [1.29, 1.82) is 5.26 Å². The Kier molecular flexibility index (Phi) is 7.25. The number of carbonyl (C=O) groups excluding carboxylic acids is 1. The lowest BCUT2D eigenvalue weighted by molar-refractivity contribution is -0.0964. The second-order valence-corrected chi connectivity index (χ2v) is 11.1. The van der Waals surface area contributed by atoms with Gasteiger partial charge in [-0.15, -0.1) is 8.78 Å². The van der Waals surface area contributed by atoms with Gasteiger partial charge in [0.25, 0.3) is 11.9 Å². The Bertz CT molecular complexity index is 2010. The Morgan fingerprint density at radius 3 is 2.54 bits per heavy atom. The fraction of sp³-hybridized carbons (Fsp3) is 0.194. The summed E-state index contributed by atoms with van der Waals surface area (Å²) >= 11 is 4.82. The minimum atomic E-state index is -3.86. The van der Waals surface area contributed by atoms with E-state index in [4.69, 9.17) is 26.9 Å². The number of pyridine rings is 2. The van der Waals surface area contributed by atoms with Gasteiger partial charge < -0.3 is 15.0 Å². The van der Waals surface area contributed by atoms with Gasteiger partial charge in [-0.25, -0.2) is 24.0 Å². The summed E-state index contributed by atoms with van der Waals surface area (Å²) in [6.45, 7) is 0.624. The number of rotatable bonds is 7. The number of ether oxygens (including phenoxy) is 1. The summed E-state index contributed by atoms with van der Waals surface area (Å²) in [7, 11) is 0. The first-order valence-electron chi connectivity index (χ1n) is 14.0. The van der Waals surface area contributed by atoms with Crippen LogP contribution < -0.4 is 15.0 Å². The van der Waals surface area contributed by atoms with Crippen molar-refractivity contribution in [1.82, 2.24) is 29.7 Å². The van der Waals surface area contributed by atoms with E-state index >= 15 is 0 Å². The molecular formula is C31H21ClF3N9O2. The van der Waals surface area contributed by atoms with Crippen LogP contribution in [0.25, 0.3) is 28.3 Å². The predicted molar refractivity (Wildman–Crippen MR) is 161 cm³/mol. The average Bonchev–Trinajstić information content (AvgIpc) is 3.75. The Morgan fingerprint density at radius 2 is 1.85 bits per heavy atom. The molecule has 1 aliphatic carbocycles.